The molecule has 25 heavy (non-hydrogen) atoms. The van der Waals surface area contributed by atoms with E-state index in [1.54, 1.807) is 4.90 Å². The summed E-state index contributed by atoms with van der Waals surface area (Å²) in [7, 11) is 0. The Hall–Kier alpha value is -2.35. The molecule has 3 rings (SSSR count). The van der Waals surface area contributed by atoms with Gasteiger partial charge in [-0.2, -0.15) is 10.2 Å². The number of nitriles is 1. The van der Waals surface area contributed by atoms with Crippen molar-refractivity contribution in [3.05, 3.63) is 35.7 Å². The van der Waals surface area contributed by atoms with E-state index >= 15 is 0 Å². The maximum atomic E-state index is 8.99. The van der Waals surface area contributed by atoms with Crippen LogP contribution in [-0.2, 0) is 6.42 Å². The minimum absolute atomic E-state index is 0.0433. The predicted molar refractivity (Wildman–Crippen MR) is 96.5 cm³/mol. The minimum atomic E-state index is -0.0433. The van der Waals surface area contributed by atoms with Crippen LogP contribution in [0.2, 0.25) is 0 Å². The Bertz CT molecular complexity index is 701. The molecule has 0 bridgehead atoms. The van der Waals surface area contributed by atoms with Crippen LogP contribution in [0.25, 0.3) is 11.4 Å². The van der Waals surface area contributed by atoms with Crippen LogP contribution < -0.4 is 0 Å². The van der Waals surface area contributed by atoms with Crippen LogP contribution in [0.5, 0.6) is 0 Å². The summed E-state index contributed by atoms with van der Waals surface area (Å²) in [5.41, 5.74) is 2.32. The first-order chi connectivity index (χ1) is 12.3. The standard InChI is InChI=1S/C20H26N4O/c1-2-3-4-5-6-7-8-16-9-11-17(12-10-16)19-22-20(25-23-19)18-13-14-24(18)15-21/h9-12,18H,2-8,13-14H2,1H3/t18-/m0/s1. The van der Waals surface area contributed by atoms with Gasteiger partial charge in [0, 0.05) is 12.1 Å². The van der Waals surface area contributed by atoms with Gasteiger partial charge in [0.05, 0.1) is 0 Å². The summed E-state index contributed by atoms with van der Waals surface area (Å²) >= 11 is 0. The minimum Gasteiger partial charge on any atom is -0.337 e. The zero-order valence-electron chi connectivity index (χ0n) is 14.9. The molecule has 0 radical (unpaired) electrons. The molecule has 0 N–H and O–H groups in total. The highest BCUT2D eigenvalue weighted by Gasteiger charge is 2.33. The number of rotatable bonds is 9. The van der Waals surface area contributed by atoms with E-state index in [-0.39, 0.29) is 6.04 Å². The Kier molecular flexibility index (Phi) is 6.05. The molecule has 1 fully saturated rings. The Morgan fingerprint density at radius 2 is 1.92 bits per heavy atom. The third-order valence-electron chi connectivity index (χ3n) is 4.91. The van der Waals surface area contributed by atoms with Gasteiger partial charge in [0.15, 0.2) is 6.19 Å². The van der Waals surface area contributed by atoms with Gasteiger partial charge in [-0.15, -0.1) is 0 Å². The lowest BCUT2D eigenvalue weighted by atomic mass is 10.0. The van der Waals surface area contributed by atoms with Gasteiger partial charge in [0.2, 0.25) is 5.82 Å². The first kappa shape index (κ1) is 17.5. The third-order valence-corrected chi connectivity index (χ3v) is 4.91. The van der Waals surface area contributed by atoms with E-state index in [9.17, 15) is 0 Å². The van der Waals surface area contributed by atoms with E-state index in [2.05, 4.69) is 47.5 Å². The van der Waals surface area contributed by atoms with Crippen molar-refractivity contribution in [2.45, 2.75) is 64.3 Å². The molecule has 2 heterocycles. The van der Waals surface area contributed by atoms with Crippen LogP contribution in [0.3, 0.4) is 0 Å². The van der Waals surface area contributed by atoms with Crippen molar-refractivity contribution < 1.29 is 4.52 Å². The number of unbranched alkanes of at least 4 members (excludes halogenated alkanes) is 5. The largest absolute Gasteiger partial charge is 0.337 e. The maximum absolute atomic E-state index is 8.99. The zero-order chi connectivity index (χ0) is 17.5. The van der Waals surface area contributed by atoms with Crippen molar-refractivity contribution >= 4 is 0 Å². The second-order valence-electron chi connectivity index (χ2n) is 6.77. The highest BCUT2D eigenvalue weighted by Crippen LogP contribution is 2.32. The summed E-state index contributed by atoms with van der Waals surface area (Å²) in [6, 6.07) is 8.39. The summed E-state index contributed by atoms with van der Waals surface area (Å²) in [4.78, 5) is 6.13. The second kappa shape index (κ2) is 8.66. The van der Waals surface area contributed by atoms with E-state index in [0.29, 0.717) is 11.7 Å². The first-order valence-corrected chi connectivity index (χ1v) is 9.41. The number of likely N-dealkylation sites (tertiary alicyclic amines) is 1. The number of hydrogen-bond donors (Lipinski definition) is 0. The molecule has 1 aromatic heterocycles. The van der Waals surface area contributed by atoms with E-state index < -0.39 is 0 Å². The van der Waals surface area contributed by atoms with Crippen molar-refractivity contribution in [3.8, 4) is 17.6 Å². The molecule has 0 amide bonds. The van der Waals surface area contributed by atoms with Gasteiger partial charge < -0.3 is 4.52 Å². The third kappa shape index (κ3) is 4.39. The summed E-state index contributed by atoms with van der Waals surface area (Å²) in [5, 5.41) is 13.1. The Morgan fingerprint density at radius 3 is 2.60 bits per heavy atom. The van der Waals surface area contributed by atoms with Gasteiger partial charge in [-0.1, -0.05) is 68.4 Å². The number of nitrogens with zero attached hydrogens (tertiary/aromatic N) is 4. The number of aryl methyl sites for hydroxylation is 1. The molecule has 5 heteroatoms. The fraction of sp³-hybridized carbons (Fsp3) is 0.550. The molecule has 132 valence electrons. The van der Waals surface area contributed by atoms with Crippen molar-refractivity contribution in [3.63, 3.8) is 0 Å². The molecule has 1 aromatic carbocycles. The first-order valence-electron chi connectivity index (χ1n) is 9.41. The Labute approximate surface area is 149 Å². The molecule has 0 saturated carbocycles. The fourth-order valence-electron chi connectivity index (χ4n) is 3.18. The van der Waals surface area contributed by atoms with E-state index in [0.717, 1.165) is 24.9 Å². The average Bonchev–Trinajstić information content (AvgIpc) is 3.07. The Balaban J connectivity index is 1.51. The van der Waals surface area contributed by atoms with Gasteiger partial charge >= 0.3 is 0 Å². The van der Waals surface area contributed by atoms with Crippen LogP contribution in [0.4, 0.5) is 0 Å². The highest BCUT2D eigenvalue weighted by atomic mass is 16.5. The quantitative estimate of drug-likeness (QED) is 0.482. The number of hydrogen-bond acceptors (Lipinski definition) is 5. The van der Waals surface area contributed by atoms with Crippen LogP contribution in [-0.4, -0.2) is 21.6 Å². The molecule has 1 aliphatic heterocycles. The summed E-state index contributed by atoms with van der Waals surface area (Å²) < 4.78 is 5.34. The van der Waals surface area contributed by atoms with Gasteiger partial charge in [0.25, 0.3) is 5.89 Å². The molecule has 1 aliphatic rings. The van der Waals surface area contributed by atoms with Crippen LogP contribution in [0, 0.1) is 11.5 Å². The average molecular weight is 338 g/mol. The zero-order valence-corrected chi connectivity index (χ0v) is 14.9. The van der Waals surface area contributed by atoms with Gasteiger partial charge in [-0.25, -0.2) is 0 Å². The lowest BCUT2D eigenvalue weighted by Gasteiger charge is -2.33. The van der Waals surface area contributed by atoms with Crippen LogP contribution in [0.15, 0.2) is 28.8 Å². The predicted octanol–water partition coefficient (Wildman–Crippen LogP) is 4.87. The maximum Gasteiger partial charge on any atom is 0.250 e. The molecule has 0 spiro atoms. The van der Waals surface area contributed by atoms with Gasteiger partial charge in [-0.05, 0) is 24.8 Å². The van der Waals surface area contributed by atoms with E-state index in [4.69, 9.17) is 9.78 Å². The molecule has 1 saturated heterocycles. The lowest BCUT2D eigenvalue weighted by Crippen LogP contribution is -2.37. The number of benzene rings is 1. The SMILES string of the molecule is CCCCCCCCc1ccc(-c2noc([C@@H]3CCN3C#N)n2)cc1. The summed E-state index contributed by atoms with van der Waals surface area (Å²) in [5.74, 6) is 1.14. The summed E-state index contributed by atoms with van der Waals surface area (Å²) in [6.07, 6.45) is 12.1. The molecule has 5 nitrogen and oxygen atoms in total. The monoisotopic (exact) mass is 338 g/mol. The Morgan fingerprint density at radius 1 is 1.16 bits per heavy atom. The van der Waals surface area contributed by atoms with Crippen molar-refractivity contribution in [1.82, 2.24) is 15.0 Å². The van der Waals surface area contributed by atoms with Crippen LogP contribution in [0.1, 0.15) is 69.4 Å². The van der Waals surface area contributed by atoms with E-state index in [1.165, 1.54) is 44.1 Å². The molecule has 1 atom stereocenters. The second-order valence-corrected chi connectivity index (χ2v) is 6.77. The van der Waals surface area contributed by atoms with Gasteiger partial charge in [0.1, 0.15) is 6.04 Å². The summed E-state index contributed by atoms with van der Waals surface area (Å²) in [6.45, 7) is 3.02. The van der Waals surface area contributed by atoms with Crippen molar-refractivity contribution in [2.75, 3.05) is 6.54 Å². The normalized spacial score (nSPS) is 16.5. The highest BCUT2D eigenvalue weighted by molar-refractivity contribution is 5.54. The van der Waals surface area contributed by atoms with Gasteiger partial charge in [-0.3, -0.25) is 4.90 Å². The van der Waals surface area contributed by atoms with Crippen molar-refractivity contribution in [2.24, 2.45) is 0 Å². The van der Waals surface area contributed by atoms with Crippen molar-refractivity contribution in [1.29, 1.82) is 5.26 Å². The lowest BCUT2D eigenvalue weighted by molar-refractivity contribution is 0.129. The molecule has 2 aromatic rings. The number of aromatic nitrogens is 2. The van der Waals surface area contributed by atoms with Crippen LogP contribution >= 0.6 is 0 Å². The fourth-order valence-corrected chi connectivity index (χ4v) is 3.18. The molecule has 0 unspecified atom stereocenters. The molecular formula is C20H26N4O. The molecule has 0 aliphatic carbocycles. The smallest absolute Gasteiger partial charge is 0.250 e. The topological polar surface area (TPSA) is 66.0 Å². The molecular weight excluding hydrogens is 312 g/mol. The van der Waals surface area contributed by atoms with E-state index in [1.807, 2.05) is 0 Å².